The Kier molecular flexibility index (Phi) is 5.98. The van der Waals surface area contributed by atoms with Gasteiger partial charge in [-0.3, -0.25) is 9.59 Å². The lowest BCUT2D eigenvalue weighted by Gasteiger charge is -2.35. The largest absolute Gasteiger partial charge is 0.493 e. The number of hydrogen-bond donors (Lipinski definition) is 1. The number of carbonyl (C=O) groups excluding carboxylic acids is 2. The van der Waals surface area contributed by atoms with Gasteiger partial charge in [-0.2, -0.15) is 0 Å². The molecule has 1 aromatic carbocycles. The Balaban J connectivity index is 1.63. The van der Waals surface area contributed by atoms with Gasteiger partial charge in [-0.25, -0.2) is 4.98 Å². The van der Waals surface area contributed by atoms with E-state index in [2.05, 4.69) is 15.2 Å². The van der Waals surface area contributed by atoms with Crippen LogP contribution in [0.2, 0.25) is 0 Å². The molecule has 0 unspecified atom stereocenters. The second-order valence-electron chi connectivity index (χ2n) is 6.42. The van der Waals surface area contributed by atoms with Crippen molar-refractivity contribution in [2.45, 2.75) is 6.92 Å². The molecule has 2 heterocycles. The Morgan fingerprint density at radius 1 is 1.00 bits per heavy atom. The number of aromatic nitrogens is 1. The highest BCUT2D eigenvalue weighted by Crippen LogP contribution is 2.28. The number of ether oxygens (including phenoxy) is 2. The molecular weight excluding hydrogens is 360 g/mol. The molecule has 2 aromatic rings. The summed E-state index contributed by atoms with van der Waals surface area (Å²) in [6.45, 7) is 4.52. The highest BCUT2D eigenvalue weighted by molar-refractivity contribution is 6.04. The molecule has 1 saturated heterocycles. The summed E-state index contributed by atoms with van der Waals surface area (Å²) in [6, 6.07) is 8.66. The summed E-state index contributed by atoms with van der Waals surface area (Å²) in [5.41, 5.74) is 1.41. The molecule has 1 aromatic heterocycles. The number of nitrogens with zero attached hydrogens (tertiary/aromatic N) is 3. The molecule has 2 amide bonds. The van der Waals surface area contributed by atoms with Crippen LogP contribution in [0.5, 0.6) is 11.5 Å². The lowest BCUT2D eigenvalue weighted by molar-refractivity contribution is -0.129. The number of carbonyl (C=O) groups is 2. The van der Waals surface area contributed by atoms with Crippen LogP contribution in [-0.2, 0) is 4.79 Å². The number of nitrogens with one attached hydrogen (secondary N) is 1. The Bertz CT molecular complexity index is 846. The third-order valence-corrected chi connectivity index (χ3v) is 4.73. The van der Waals surface area contributed by atoms with Crippen molar-refractivity contribution >= 4 is 23.3 Å². The number of anilines is 2. The summed E-state index contributed by atoms with van der Waals surface area (Å²) in [5.74, 6) is 1.34. The fourth-order valence-corrected chi connectivity index (χ4v) is 3.09. The average molecular weight is 384 g/mol. The van der Waals surface area contributed by atoms with Gasteiger partial charge in [0, 0.05) is 38.7 Å². The van der Waals surface area contributed by atoms with Gasteiger partial charge >= 0.3 is 0 Å². The van der Waals surface area contributed by atoms with Crippen molar-refractivity contribution in [1.82, 2.24) is 9.88 Å². The van der Waals surface area contributed by atoms with E-state index in [4.69, 9.17) is 9.47 Å². The van der Waals surface area contributed by atoms with E-state index in [1.807, 2.05) is 11.0 Å². The predicted octanol–water partition coefficient (Wildman–Crippen LogP) is 2.02. The van der Waals surface area contributed by atoms with Gasteiger partial charge in [0.1, 0.15) is 5.82 Å². The zero-order valence-corrected chi connectivity index (χ0v) is 16.3. The Hall–Kier alpha value is -3.29. The zero-order chi connectivity index (χ0) is 20.1. The number of pyridine rings is 1. The van der Waals surface area contributed by atoms with Gasteiger partial charge < -0.3 is 24.6 Å². The summed E-state index contributed by atoms with van der Waals surface area (Å²) in [4.78, 5) is 32.2. The molecule has 148 valence electrons. The lowest BCUT2D eigenvalue weighted by atomic mass is 10.2. The van der Waals surface area contributed by atoms with Crippen molar-refractivity contribution in [2.24, 2.45) is 0 Å². The Morgan fingerprint density at radius 2 is 1.71 bits per heavy atom. The smallest absolute Gasteiger partial charge is 0.256 e. The van der Waals surface area contributed by atoms with E-state index < -0.39 is 0 Å². The van der Waals surface area contributed by atoms with Gasteiger partial charge in [0.25, 0.3) is 5.91 Å². The van der Waals surface area contributed by atoms with E-state index in [-0.39, 0.29) is 11.8 Å². The van der Waals surface area contributed by atoms with Crippen LogP contribution in [0, 0.1) is 0 Å². The molecular formula is C20H24N4O4. The fourth-order valence-electron chi connectivity index (χ4n) is 3.09. The number of piperazine rings is 1. The first-order valence-corrected chi connectivity index (χ1v) is 9.01. The SMILES string of the molecule is COc1ccc(C(=O)Nc2ccc(N3CCN(C(C)=O)CC3)cn2)cc1OC. The maximum atomic E-state index is 12.5. The molecule has 8 nitrogen and oxygen atoms in total. The van der Waals surface area contributed by atoms with Crippen molar-refractivity contribution in [3.05, 3.63) is 42.1 Å². The third kappa shape index (κ3) is 4.33. The summed E-state index contributed by atoms with van der Waals surface area (Å²) in [5, 5.41) is 2.78. The van der Waals surface area contributed by atoms with Crippen LogP contribution in [0.3, 0.4) is 0 Å². The number of methoxy groups -OCH3 is 2. The van der Waals surface area contributed by atoms with Crippen LogP contribution in [-0.4, -0.2) is 62.1 Å². The first-order chi connectivity index (χ1) is 13.5. The van der Waals surface area contributed by atoms with Crippen LogP contribution in [0.15, 0.2) is 36.5 Å². The van der Waals surface area contributed by atoms with Crippen molar-refractivity contribution in [3.8, 4) is 11.5 Å². The number of benzene rings is 1. The molecule has 1 fully saturated rings. The molecule has 1 aliphatic heterocycles. The van der Waals surface area contributed by atoms with Gasteiger partial charge in [-0.1, -0.05) is 0 Å². The normalized spacial score (nSPS) is 13.8. The van der Waals surface area contributed by atoms with Crippen LogP contribution in [0.25, 0.3) is 0 Å². The predicted molar refractivity (Wildman–Crippen MR) is 106 cm³/mol. The van der Waals surface area contributed by atoms with E-state index in [1.54, 1.807) is 44.5 Å². The van der Waals surface area contributed by atoms with Crippen molar-refractivity contribution in [2.75, 3.05) is 50.6 Å². The van der Waals surface area contributed by atoms with E-state index >= 15 is 0 Å². The Labute approximate surface area is 164 Å². The highest BCUT2D eigenvalue weighted by atomic mass is 16.5. The second-order valence-corrected chi connectivity index (χ2v) is 6.42. The minimum Gasteiger partial charge on any atom is -0.493 e. The quantitative estimate of drug-likeness (QED) is 0.849. The standard InChI is InChI=1S/C20H24N4O4/c1-14(25)23-8-10-24(11-9-23)16-5-7-19(21-13-16)22-20(26)15-4-6-17(27-2)18(12-15)28-3/h4-7,12-13H,8-11H2,1-3H3,(H,21,22,26). The maximum absolute atomic E-state index is 12.5. The monoisotopic (exact) mass is 384 g/mol. The van der Waals surface area contributed by atoms with Crippen LogP contribution < -0.4 is 19.7 Å². The summed E-state index contributed by atoms with van der Waals surface area (Å²) in [7, 11) is 3.07. The first kappa shape index (κ1) is 19.5. The van der Waals surface area contributed by atoms with Gasteiger partial charge in [-0.05, 0) is 30.3 Å². The topological polar surface area (TPSA) is 84.0 Å². The number of hydrogen-bond acceptors (Lipinski definition) is 6. The van der Waals surface area contributed by atoms with E-state index in [1.165, 1.54) is 7.11 Å². The fraction of sp³-hybridized carbons (Fsp3) is 0.350. The zero-order valence-electron chi connectivity index (χ0n) is 16.3. The van der Waals surface area contributed by atoms with Crippen LogP contribution in [0.4, 0.5) is 11.5 Å². The highest BCUT2D eigenvalue weighted by Gasteiger charge is 2.19. The van der Waals surface area contributed by atoms with Gasteiger partial charge in [0.15, 0.2) is 11.5 Å². The van der Waals surface area contributed by atoms with Gasteiger partial charge in [-0.15, -0.1) is 0 Å². The van der Waals surface area contributed by atoms with Crippen molar-refractivity contribution in [3.63, 3.8) is 0 Å². The van der Waals surface area contributed by atoms with Crippen molar-refractivity contribution in [1.29, 1.82) is 0 Å². The summed E-state index contributed by atoms with van der Waals surface area (Å²) >= 11 is 0. The molecule has 0 spiro atoms. The van der Waals surface area contributed by atoms with Crippen LogP contribution in [0.1, 0.15) is 17.3 Å². The number of rotatable bonds is 5. The maximum Gasteiger partial charge on any atom is 0.256 e. The molecule has 8 heteroatoms. The summed E-state index contributed by atoms with van der Waals surface area (Å²) < 4.78 is 10.4. The lowest BCUT2D eigenvalue weighted by Crippen LogP contribution is -2.48. The minimum absolute atomic E-state index is 0.103. The Morgan fingerprint density at radius 3 is 2.29 bits per heavy atom. The molecule has 0 saturated carbocycles. The van der Waals surface area contributed by atoms with Gasteiger partial charge in [0.05, 0.1) is 26.1 Å². The molecule has 3 rings (SSSR count). The average Bonchev–Trinajstić information content (AvgIpc) is 2.73. The van der Waals surface area contributed by atoms with Gasteiger partial charge in [0.2, 0.25) is 5.91 Å². The van der Waals surface area contributed by atoms with E-state index in [9.17, 15) is 9.59 Å². The van der Waals surface area contributed by atoms with Crippen LogP contribution >= 0.6 is 0 Å². The van der Waals surface area contributed by atoms with E-state index in [0.717, 1.165) is 18.8 Å². The molecule has 28 heavy (non-hydrogen) atoms. The molecule has 0 atom stereocenters. The molecule has 1 N–H and O–H groups in total. The molecule has 1 aliphatic rings. The molecule has 0 radical (unpaired) electrons. The molecule has 0 bridgehead atoms. The summed E-state index contributed by atoms with van der Waals surface area (Å²) in [6.07, 6.45) is 1.73. The minimum atomic E-state index is -0.281. The van der Waals surface area contributed by atoms with Crippen molar-refractivity contribution < 1.29 is 19.1 Å². The third-order valence-electron chi connectivity index (χ3n) is 4.73. The number of amides is 2. The first-order valence-electron chi connectivity index (χ1n) is 9.01. The molecule has 0 aliphatic carbocycles. The second kappa shape index (κ2) is 8.60. The van der Waals surface area contributed by atoms with E-state index in [0.29, 0.717) is 36.0 Å².